The second-order valence-corrected chi connectivity index (χ2v) is 5.27. The highest BCUT2D eigenvalue weighted by Crippen LogP contribution is 2.32. The van der Waals surface area contributed by atoms with Crippen LogP contribution in [0.25, 0.3) is 10.8 Å². The first-order chi connectivity index (χ1) is 12.0. The molecule has 0 atom stereocenters. The molecule has 1 amide bonds. The third-order valence-corrected chi connectivity index (χ3v) is 3.30. The van der Waals surface area contributed by atoms with Gasteiger partial charge in [0.15, 0.2) is 0 Å². The highest BCUT2D eigenvalue weighted by Gasteiger charge is 2.10. The van der Waals surface area contributed by atoms with E-state index in [-0.39, 0.29) is 13.2 Å². The van der Waals surface area contributed by atoms with Crippen LogP contribution in [0, 0.1) is 0 Å². The van der Waals surface area contributed by atoms with Gasteiger partial charge in [-0.05, 0) is 26.0 Å². The Morgan fingerprint density at radius 1 is 1.08 bits per heavy atom. The molecule has 0 spiro atoms. The Morgan fingerprint density at radius 2 is 1.72 bits per heavy atom. The fourth-order valence-electron chi connectivity index (χ4n) is 2.18. The summed E-state index contributed by atoms with van der Waals surface area (Å²) in [6, 6.07) is 11.0. The second kappa shape index (κ2) is 8.73. The maximum absolute atomic E-state index is 11.9. The molecule has 6 nitrogen and oxygen atoms in total. The van der Waals surface area contributed by atoms with Gasteiger partial charge in [-0.15, -0.1) is 0 Å². The minimum Gasteiger partial charge on any atom is -0.493 e. The molecule has 0 saturated carbocycles. The number of nitrogens with one attached hydrogen (secondary N) is 1. The van der Waals surface area contributed by atoms with Crippen LogP contribution in [-0.2, 0) is 9.53 Å². The molecule has 132 valence electrons. The molecule has 0 fully saturated rings. The smallest absolute Gasteiger partial charge is 0.412 e. The van der Waals surface area contributed by atoms with Crippen LogP contribution in [0.5, 0.6) is 11.5 Å². The van der Waals surface area contributed by atoms with E-state index < -0.39 is 12.1 Å². The monoisotopic (exact) mass is 343 g/mol. The summed E-state index contributed by atoms with van der Waals surface area (Å²) in [5.41, 5.74) is 0.309. The van der Waals surface area contributed by atoms with Gasteiger partial charge in [0.2, 0.25) is 0 Å². The Kier molecular flexibility index (Phi) is 6.39. The molecule has 0 heterocycles. The Labute approximate surface area is 146 Å². The number of hydrogen-bond donors (Lipinski definition) is 1. The van der Waals surface area contributed by atoms with Crippen molar-refractivity contribution in [2.75, 3.05) is 19.8 Å². The van der Waals surface area contributed by atoms with Gasteiger partial charge in [-0.2, -0.15) is 0 Å². The molecule has 0 saturated heterocycles. The molecule has 0 bridgehead atoms. The number of carbonyl (C=O) groups is 2. The van der Waals surface area contributed by atoms with Crippen LogP contribution in [0.3, 0.4) is 0 Å². The zero-order valence-electron chi connectivity index (χ0n) is 14.3. The van der Waals surface area contributed by atoms with Gasteiger partial charge in [0, 0.05) is 16.3 Å². The number of benzene rings is 2. The summed E-state index contributed by atoms with van der Waals surface area (Å²) in [6.07, 6.45) is -0.624. The van der Waals surface area contributed by atoms with Crippen molar-refractivity contribution in [3.05, 3.63) is 48.6 Å². The van der Waals surface area contributed by atoms with E-state index in [1.165, 1.54) is 0 Å². The molecule has 25 heavy (non-hydrogen) atoms. The number of hydrogen-bond acceptors (Lipinski definition) is 5. The van der Waals surface area contributed by atoms with Gasteiger partial charge >= 0.3 is 12.1 Å². The maximum atomic E-state index is 11.9. The predicted molar refractivity (Wildman–Crippen MR) is 94.9 cm³/mol. The van der Waals surface area contributed by atoms with Crippen LogP contribution in [0.15, 0.2) is 48.6 Å². The fourth-order valence-corrected chi connectivity index (χ4v) is 2.18. The topological polar surface area (TPSA) is 73.9 Å². The van der Waals surface area contributed by atoms with Gasteiger partial charge in [0.1, 0.15) is 18.1 Å². The lowest BCUT2D eigenvalue weighted by Crippen LogP contribution is -2.30. The van der Waals surface area contributed by atoms with E-state index in [0.717, 1.165) is 16.5 Å². The van der Waals surface area contributed by atoms with Crippen molar-refractivity contribution in [3.8, 4) is 11.5 Å². The van der Waals surface area contributed by atoms with E-state index >= 15 is 0 Å². The minimum absolute atomic E-state index is 0.0464. The van der Waals surface area contributed by atoms with Gasteiger partial charge < -0.3 is 19.5 Å². The molecule has 2 rings (SSSR count). The molecule has 0 aromatic heterocycles. The molecule has 1 N–H and O–H groups in total. The Bertz CT molecular complexity index is 784. The van der Waals surface area contributed by atoms with E-state index in [1.54, 1.807) is 19.1 Å². The summed E-state index contributed by atoms with van der Waals surface area (Å²) in [7, 11) is 0. The minimum atomic E-state index is -0.624. The molecule has 2 aromatic carbocycles. The zero-order chi connectivity index (χ0) is 18.2. The van der Waals surface area contributed by atoms with Gasteiger partial charge in [-0.3, -0.25) is 0 Å². The summed E-state index contributed by atoms with van der Waals surface area (Å²) in [5, 5.41) is 4.17. The van der Waals surface area contributed by atoms with Crippen molar-refractivity contribution >= 4 is 22.8 Å². The van der Waals surface area contributed by atoms with Crippen molar-refractivity contribution in [2.45, 2.75) is 13.8 Å². The summed E-state index contributed by atoms with van der Waals surface area (Å²) in [6.45, 7) is 7.69. The molecular formula is C19H21NO5. The van der Waals surface area contributed by atoms with Crippen molar-refractivity contribution in [1.82, 2.24) is 5.32 Å². The lowest BCUT2D eigenvalue weighted by atomic mass is 10.1. The van der Waals surface area contributed by atoms with Crippen molar-refractivity contribution in [2.24, 2.45) is 0 Å². The summed E-state index contributed by atoms with van der Waals surface area (Å²) < 4.78 is 15.8. The van der Waals surface area contributed by atoms with Crippen LogP contribution in [0.1, 0.15) is 13.8 Å². The average molecular weight is 343 g/mol. The average Bonchev–Trinajstić information content (AvgIpc) is 2.59. The first-order valence-electron chi connectivity index (χ1n) is 7.95. The Hall–Kier alpha value is -3.02. The summed E-state index contributed by atoms with van der Waals surface area (Å²) >= 11 is 0. The second-order valence-electron chi connectivity index (χ2n) is 5.27. The van der Waals surface area contributed by atoms with Crippen LogP contribution < -0.4 is 14.8 Å². The zero-order valence-corrected chi connectivity index (χ0v) is 14.3. The molecular weight excluding hydrogens is 322 g/mol. The van der Waals surface area contributed by atoms with Crippen LogP contribution >= 0.6 is 0 Å². The third kappa shape index (κ3) is 4.97. The number of carbonyl (C=O) groups excluding carboxylic acids is 2. The van der Waals surface area contributed by atoms with Crippen molar-refractivity contribution < 1.29 is 23.8 Å². The summed E-state index contributed by atoms with van der Waals surface area (Å²) in [4.78, 5) is 23.2. The highest BCUT2D eigenvalue weighted by atomic mass is 16.6. The third-order valence-electron chi connectivity index (χ3n) is 3.30. The van der Waals surface area contributed by atoms with E-state index in [0.29, 0.717) is 17.9 Å². The molecule has 0 aliphatic carbocycles. The van der Waals surface area contributed by atoms with Gasteiger partial charge in [0.25, 0.3) is 0 Å². The molecule has 0 unspecified atom stereocenters. The molecule has 0 aliphatic heterocycles. The lowest BCUT2D eigenvalue weighted by molar-refractivity contribution is -0.138. The van der Waals surface area contributed by atoms with Gasteiger partial charge in [0.05, 0.1) is 13.2 Å². The quantitative estimate of drug-likeness (QED) is 0.473. The van der Waals surface area contributed by atoms with E-state index in [1.807, 2.05) is 31.2 Å². The Morgan fingerprint density at radius 3 is 2.36 bits per heavy atom. The predicted octanol–water partition coefficient (Wildman–Crippen LogP) is 3.45. The summed E-state index contributed by atoms with van der Waals surface area (Å²) in [5.74, 6) is 0.667. The normalized spacial score (nSPS) is 10.2. The Balaban J connectivity index is 1.98. The number of esters is 1. The highest BCUT2D eigenvalue weighted by molar-refractivity contribution is 5.94. The SMILES string of the molecule is C=C(C)C(=O)OCCNC(=O)Oc1cccc2c(OCC)cccc12. The van der Waals surface area contributed by atoms with E-state index in [4.69, 9.17) is 14.2 Å². The van der Waals surface area contributed by atoms with Crippen LogP contribution in [-0.4, -0.2) is 31.8 Å². The number of amides is 1. The molecule has 0 aliphatic rings. The number of fused-ring (bicyclic) bond motifs is 1. The molecule has 2 aromatic rings. The first kappa shape index (κ1) is 18.3. The van der Waals surface area contributed by atoms with Crippen LogP contribution in [0.4, 0.5) is 4.79 Å². The van der Waals surface area contributed by atoms with Crippen molar-refractivity contribution in [1.29, 1.82) is 0 Å². The lowest BCUT2D eigenvalue weighted by Gasteiger charge is -2.11. The largest absolute Gasteiger partial charge is 0.493 e. The maximum Gasteiger partial charge on any atom is 0.412 e. The van der Waals surface area contributed by atoms with Crippen LogP contribution in [0.2, 0.25) is 0 Å². The van der Waals surface area contributed by atoms with E-state index in [2.05, 4.69) is 11.9 Å². The van der Waals surface area contributed by atoms with Gasteiger partial charge in [-0.25, -0.2) is 9.59 Å². The number of rotatable bonds is 7. The molecule has 0 radical (unpaired) electrons. The van der Waals surface area contributed by atoms with Gasteiger partial charge in [-0.1, -0.05) is 30.8 Å². The van der Waals surface area contributed by atoms with Crippen molar-refractivity contribution in [3.63, 3.8) is 0 Å². The molecule has 6 heteroatoms. The number of ether oxygens (including phenoxy) is 3. The standard InChI is InChI=1S/C19H21NO5/c1-4-23-16-9-5-8-15-14(16)7-6-10-17(15)25-19(22)20-11-12-24-18(21)13(2)3/h5-10H,2,4,11-12H2,1,3H3,(H,20,22). The van der Waals surface area contributed by atoms with E-state index in [9.17, 15) is 9.59 Å². The first-order valence-corrected chi connectivity index (χ1v) is 7.95. The fraction of sp³-hybridized carbons (Fsp3) is 0.263.